The first-order chi connectivity index (χ1) is 14.6. The summed E-state index contributed by atoms with van der Waals surface area (Å²) in [5.74, 6) is 3.13. The molecule has 0 aromatic carbocycles. The second-order valence-electron chi connectivity index (χ2n) is 9.65. The van der Waals surface area contributed by atoms with Crippen molar-refractivity contribution in [2.75, 3.05) is 39.8 Å². The Morgan fingerprint density at radius 3 is 2.44 bits per heavy atom. The van der Waals surface area contributed by atoms with Gasteiger partial charge in [-0.15, -0.1) is 24.0 Å². The highest BCUT2D eigenvalue weighted by Gasteiger charge is 2.34. The van der Waals surface area contributed by atoms with Crippen LogP contribution in [0.15, 0.2) is 9.41 Å². The van der Waals surface area contributed by atoms with Crippen LogP contribution in [-0.2, 0) is 11.3 Å². The highest BCUT2D eigenvalue weighted by atomic mass is 127. The first-order valence-corrected chi connectivity index (χ1v) is 11.2. The number of guanidine groups is 1. The number of hydrogen-bond donors (Lipinski definition) is 2. The van der Waals surface area contributed by atoms with E-state index in [1.807, 2.05) is 34.6 Å². The third-order valence-electron chi connectivity index (χ3n) is 5.79. The molecule has 0 atom stereocenters. The van der Waals surface area contributed by atoms with E-state index in [4.69, 9.17) is 9.15 Å². The number of nitrogens with zero attached hydrogens (tertiary/aromatic N) is 4. The summed E-state index contributed by atoms with van der Waals surface area (Å²) >= 11 is 0. The third-order valence-corrected chi connectivity index (χ3v) is 5.79. The minimum Gasteiger partial charge on any atom is -0.444 e. The van der Waals surface area contributed by atoms with Crippen LogP contribution in [-0.4, -0.2) is 78.3 Å². The van der Waals surface area contributed by atoms with Crippen molar-refractivity contribution in [2.45, 2.75) is 65.6 Å². The standard InChI is InChI=1S/C22H38N6O3.HI/c1-15-16(2)30-19(25-15)14-27-9-7-17(8-10-27)11-24-20(23-6)26-18-12-28(13-18)21(29)31-22(3,4)5;/h17-18H,7-14H2,1-6H3,(H2,23,24,26);1H. The van der Waals surface area contributed by atoms with Crippen LogP contribution < -0.4 is 10.6 Å². The van der Waals surface area contributed by atoms with Gasteiger partial charge in [-0.3, -0.25) is 9.89 Å². The number of aromatic nitrogens is 1. The molecule has 9 nitrogen and oxygen atoms in total. The number of amides is 1. The number of ether oxygens (including phenoxy) is 1. The molecular weight excluding hydrogens is 523 g/mol. The average molecular weight is 562 g/mol. The Balaban J connectivity index is 0.00000363. The molecule has 10 heteroatoms. The predicted molar refractivity (Wildman–Crippen MR) is 135 cm³/mol. The van der Waals surface area contributed by atoms with E-state index in [0.717, 1.165) is 62.3 Å². The summed E-state index contributed by atoms with van der Waals surface area (Å²) in [5.41, 5.74) is 0.517. The SMILES string of the molecule is CN=C(NCC1CCN(Cc2nc(C)c(C)o2)CC1)NC1CN(C(=O)OC(C)(C)C)C1.I. The zero-order valence-corrected chi connectivity index (χ0v) is 22.6. The number of halogens is 1. The molecule has 0 radical (unpaired) electrons. The third kappa shape index (κ3) is 7.79. The van der Waals surface area contributed by atoms with Crippen molar-refractivity contribution >= 4 is 36.0 Å². The highest BCUT2D eigenvalue weighted by Crippen LogP contribution is 2.19. The van der Waals surface area contributed by atoms with Crippen LogP contribution in [0.1, 0.15) is 51.0 Å². The van der Waals surface area contributed by atoms with Gasteiger partial charge in [0.15, 0.2) is 5.96 Å². The number of nitrogens with one attached hydrogen (secondary N) is 2. The summed E-state index contributed by atoms with van der Waals surface area (Å²) in [6.07, 6.45) is 2.02. The van der Waals surface area contributed by atoms with Gasteiger partial charge in [0.25, 0.3) is 0 Å². The van der Waals surface area contributed by atoms with E-state index in [-0.39, 0.29) is 36.1 Å². The Kier molecular flexibility index (Phi) is 9.62. The van der Waals surface area contributed by atoms with Crippen LogP contribution in [0.4, 0.5) is 4.79 Å². The second kappa shape index (κ2) is 11.5. The maximum atomic E-state index is 12.0. The lowest BCUT2D eigenvalue weighted by atomic mass is 9.97. The molecule has 0 saturated carbocycles. The first-order valence-electron chi connectivity index (χ1n) is 11.2. The van der Waals surface area contributed by atoms with E-state index < -0.39 is 5.60 Å². The van der Waals surface area contributed by atoms with Crippen molar-refractivity contribution in [3.05, 3.63) is 17.3 Å². The topological polar surface area (TPSA) is 95.2 Å². The van der Waals surface area contributed by atoms with Crippen LogP contribution in [0, 0.1) is 19.8 Å². The molecule has 32 heavy (non-hydrogen) atoms. The second-order valence-corrected chi connectivity index (χ2v) is 9.65. The number of aliphatic imine (C=N–C) groups is 1. The van der Waals surface area contributed by atoms with Crippen LogP contribution in [0.2, 0.25) is 0 Å². The number of hydrogen-bond acceptors (Lipinski definition) is 6. The van der Waals surface area contributed by atoms with Gasteiger partial charge in [-0.25, -0.2) is 9.78 Å². The molecule has 1 aromatic rings. The lowest BCUT2D eigenvalue weighted by Crippen LogP contribution is -2.63. The molecule has 2 aliphatic heterocycles. The maximum absolute atomic E-state index is 12.0. The molecule has 0 unspecified atom stereocenters. The molecule has 1 aromatic heterocycles. The number of rotatable bonds is 5. The van der Waals surface area contributed by atoms with E-state index in [2.05, 4.69) is 25.5 Å². The molecule has 182 valence electrons. The maximum Gasteiger partial charge on any atom is 0.410 e. The highest BCUT2D eigenvalue weighted by molar-refractivity contribution is 14.0. The molecule has 2 N–H and O–H groups in total. The summed E-state index contributed by atoms with van der Waals surface area (Å²) in [7, 11) is 1.78. The number of aryl methyl sites for hydroxylation is 2. The monoisotopic (exact) mass is 562 g/mol. The summed E-state index contributed by atoms with van der Waals surface area (Å²) in [6.45, 7) is 14.6. The molecule has 0 spiro atoms. The van der Waals surface area contributed by atoms with Gasteiger partial charge < -0.3 is 24.7 Å². The Hall–Kier alpha value is -1.56. The van der Waals surface area contributed by atoms with Crippen LogP contribution in [0.25, 0.3) is 0 Å². The number of carbonyl (C=O) groups is 1. The molecule has 0 aliphatic carbocycles. The number of carbonyl (C=O) groups excluding carboxylic acids is 1. The number of likely N-dealkylation sites (tertiary alicyclic amines) is 2. The van der Waals surface area contributed by atoms with Crippen LogP contribution in [0.5, 0.6) is 0 Å². The number of oxazole rings is 1. The predicted octanol–water partition coefficient (Wildman–Crippen LogP) is 2.91. The average Bonchev–Trinajstić information content (AvgIpc) is 2.97. The van der Waals surface area contributed by atoms with E-state index >= 15 is 0 Å². The Labute approximate surface area is 208 Å². The van der Waals surface area contributed by atoms with E-state index in [9.17, 15) is 4.79 Å². The quantitative estimate of drug-likeness (QED) is 0.324. The largest absolute Gasteiger partial charge is 0.444 e. The smallest absolute Gasteiger partial charge is 0.410 e. The van der Waals surface area contributed by atoms with Gasteiger partial charge in [0, 0.05) is 26.7 Å². The fraction of sp³-hybridized carbons (Fsp3) is 0.773. The fourth-order valence-electron chi connectivity index (χ4n) is 3.82. The molecule has 0 bridgehead atoms. The van der Waals surface area contributed by atoms with Gasteiger partial charge >= 0.3 is 6.09 Å². The minimum absolute atomic E-state index is 0. The molecule has 3 heterocycles. The zero-order valence-electron chi connectivity index (χ0n) is 20.2. The van der Waals surface area contributed by atoms with Gasteiger partial charge in [0.2, 0.25) is 5.89 Å². The van der Waals surface area contributed by atoms with Crippen LogP contribution >= 0.6 is 24.0 Å². The van der Waals surface area contributed by atoms with Crippen molar-refractivity contribution in [1.82, 2.24) is 25.4 Å². The van der Waals surface area contributed by atoms with E-state index in [0.29, 0.717) is 19.0 Å². The summed E-state index contributed by atoms with van der Waals surface area (Å²) in [5, 5.41) is 6.85. The van der Waals surface area contributed by atoms with Gasteiger partial charge in [0.1, 0.15) is 11.4 Å². The Morgan fingerprint density at radius 2 is 1.91 bits per heavy atom. The summed E-state index contributed by atoms with van der Waals surface area (Å²) in [6, 6.07) is 0.202. The summed E-state index contributed by atoms with van der Waals surface area (Å²) in [4.78, 5) is 25.0. The molecule has 2 fully saturated rings. The Morgan fingerprint density at radius 1 is 1.25 bits per heavy atom. The van der Waals surface area contributed by atoms with E-state index in [1.165, 1.54) is 0 Å². The van der Waals surface area contributed by atoms with Crippen LogP contribution in [0.3, 0.4) is 0 Å². The van der Waals surface area contributed by atoms with Gasteiger partial charge in [-0.2, -0.15) is 0 Å². The molecule has 3 rings (SSSR count). The van der Waals surface area contributed by atoms with Crippen molar-refractivity contribution in [1.29, 1.82) is 0 Å². The summed E-state index contributed by atoms with van der Waals surface area (Å²) < 4.78 is 11.1. The van der Waals surface area contributed by atoms with Gasteiger partial charge in [0.05, 0.1) is 18.3 Å². The zero-order chi connectivity index (χ0) is 22.6. The molecular formula is C22H39IN6O3. The first kappa shape index (κ1) is 26.7. The van der Waals surface area contributed by atoms with E-state index in [1.54, 1.807) is 11.9 Å². The molecule has 2 aliphatic rings. The van der Waals surface area contributed by atoms with Crippen molar-refractivity contribution in [3.8, 4) is 0 Å². The van der Waals surface area contributed by atoms with Gasteiger partial charge in [-0.1, -0.05) is 0 Å². The van der Waals surface area contributed by atoms with Crippen molar-refractivity contribution < 1.29 is 13.9 Å². The lowest BCUT2D eigenvalue weighted by molar-refractivity contribution is 0.00700. The lowest BCUT2D eigenvalue weighted by Gasteiger charge is -2.40. The molecule has 2 saturated heterocycles. The molecule has 1 amide bonds. The normalized spacial score (nSPS) is 18.7. The fourth-order valence-corrected chi connectivity index (χ4v) is 3.82. The number of piperidine rings is 1. The Bertz CT molecular complexity index is 758. The minimum atomic E-state index is -0.463. The van der Waals surface area contributed by atoms with Crippen molar-refractivity contribution in [3.63, 3.8) is 0 Å². The van der Waals surface area contributed by atoms with Crippen molar-refractivity contribution in [2.24, 2.45) is 10.9 Å². The van der Waals surface area contributed by atoms with Gasteiger partial charge in [-0.05, 0) is 66.5 Å².